The fourth-order valence-electron chi connectivity index (χ4n) is 13.3. The van der Waals surface area contributed by atoms with E-state index in [1.54, 1.807) is 24.8 Å². The Morgan fingerprint density at radius 2 is 1.82 bits per heavy atom. The lowest BCUT2D eigenvalue weighted by Gasteiger charge is -2.71. The molecule has 17 unspecified atom stereocenters. The second-order valence-electron chi connectivity index (χ2n) is 13.0. The van der Waals surface area contributed by atoms with Gasteiger partial charge in [0.2, 0.25) is 0 Å². The average molecular weight is 375 g/mol. The van der Waals surface area contributed by atoms with E-state index in [2.05, 4.69) is 40.0 Å². The van der Waals surface area contributed by atoms with Gasteiger partial charge in [0.05, 0.1) is 0 Å². The van der Waals surface area contributed by atoms with Crippen molar-refractivity contribution in [2.75, 3.05) is 0 Å². The van der Waals surface area contributed by atoms with E-state index in [4.69, 9.17) is 0 Å². The van der Waals surface area contributed by atoms with E-state index in [-0.39, 0.29) is 0 Å². The van der Waals surface area contributed by atoms with Gasteiger partial charge in [-0.15, -0.1) is 6.58 Å². The number of hydrogen-bond donors (Lipinski definition) is 0. The van der Waals surface area contributed by atoms with E-state index in [0.29, 0.717) is 0 Å². The first-order chi connectivity index (χ1) is 13.6. The van der Waals surface area contributed by atoms with Gasteiger partial charge in [-0.1, -0.05) is 45.4 Å². The lowest BCUT2D eigenvalue weighted by Crippen LogP contribution is -2.67. The number of allylic oxidation sites excluding steroid dienone is 2. The van der Waals surface area contributed by atoms with Gasteiger partial charge in [0, 0.05) is 0 Å². The van der Waals surface area contributed by atoms with Crippen molar-refractivity contribution in [2.24, 2.45) is 100 Å². The second-order valence-corrected chi connectivity index (χ2v) is 13.0. The highest BCUT2D eigenvalue weighted by Crippen LogP contribution is 2.95. The first kappa shape index (κ1) is 16.2. The SMILES string of the molecule is C=CC(C)C1C(CC)C2CC3C4C5CC4(C3C21)C1C5C2CC3C(=C)C(C)C3C21. The summed E-state index contributed by atoms with van der Waals surface area (Å²) in [7, 11) is 0. The molecule has 8 aliphatic carbocycles. The van der Waals surface area contributed by atoms with Crippen LogP contribution in [0, 0.1) is 100 Å². The molecule has 0 spiro atoms. The lowest BCUT2D eigenvalue weighted by molar-refractivity contribution is -0.242. The zero-order chi connectivity index (χ0) is 18.9. The molecule has 0 aromatic rings. The molecule has 0 aromatic heterocycles. The molecule has 17 atom stereocenters. The van der Waals surface area contributed by atoms with Crippen LogP contribution >= 0.6 is 0 Å². The third-order valence-electron chi connectivity index (χ3n) is 13.6. The minimum absolute atomic E-state index is 0.744. The van der Waals surface area contributed by atoms with Crippen molar-refractivity contribution in [3.05, 3.63) is 24.8 Å². The minimum atomic E-state index is 0.744. The molecule has 8 saturated carbocycles. The summed E-state index contributed by atoms with van der Waals surface area (Å²) in [5.41, 5.74) is 2.49. The van der Waals surface area contributed by atoms with Crippen LogP contribution < -0.4 is 0 Å². The lowest BCUT2D eigenvalue weighted by atomic mass is 9.33. The Morgan fingerprint density at radius 3 is 2.57 bits per heavy atom. The zero-order valence-electron chi connectivity index (χ0n) is 18.1. The van der Waals surface area contributed by atoms with Crippen molar-refractivity contribution in [1.29, 1.82) is 0 Å². The second kappa shape index (κ2) is 4.55. The Hall–Kier alpha value is -0.520. The van der Waals surface area contributed by atoms with Gasteiger partial charge < -0.3 is 0 Å². The van der Waals surface area contributed by atoms with Gasteiger partial charge in [-0.2, -0.15) is 0 Å². The highest BCUT2D eigenvalue weighted by Gasteiger charge is 2.90. The summed E-state index contributed by atoms with van der Waals surface area (Å²) in [5, 5.41) is 0. The summed E-state index contributed by atoms with van der Waals surface area (Å²) < 4.78 is 0. The minimum Gasteiger partial charge on any atom is -0.103 e. The highest BCUT2D eigenvalue weighted by atomic mass is 14.9. The van der Waals surface area contributed by atoms with Crippen LogP contribution in [-0.4, -0.2) is 0 Å². The summed E-state index contributed by atoms with van der Waals surface area (Å²) in [4.78, 5) is 0. The molecule has 0 aromatic carbocycles. The van der Waals surface area contributed by atoms with Crippen molar-refractivity contribution in [3.8, 4) is 0 Å². The van der Waals surface area contributed by atoms with E-state index in [0.717, 1.165) is 76.4 Å². The number of rotatable bonds is 3. The third-order valence-corrected chi connectivity index (χ3v) is 13.6. The molecule has 0 nitrogen and oxygen atoms in total. The van der Waals surface area contributed by atoms with Crippen molar-refractivity contribution in [2.45, 2.75) is 46.5 Å². The van der Waals surface area contributed by atoms with Crippen LogP contribution in [0.4, 0.5) is 0 Å². The molecule has 0 heteroatoms. The molecule has 28 heavy (non-hydrogen) atoms. The Bertz CT molecular complexity index is 807. The van der Waals surface area contributed by atoms with Crippen molar-refractivity contribution in [1.82, 2.24) is 0 Å². The zero-order valence-corrected chi connectivity index (χ0v) is 18.1. The van der Waals surface area contributed by atoms with Crippen LogP contribution in [-0.2, 0) is 0 Å². The molecule has 2 bridgehead atoms. The van der Waals surface area contributed by atoms with Crippen LogP contribution in [0.3, 0.4) is 0 Å². The Labute approximate surface area is 171 Å². The van der Waals surface area contributed by atoms with Gasteiger partial charge in [0.1, 0.15) is 0 Å². The Balaban J connectivity index is 1.15. The molecule has 0 heterocycles. The number of hydrogen-bond acceptors (Lipinski definition) is 0. The van der Waals surface area contributed by atoms with Crippen molar-refractivity contribution < 1.29 is 0 Å². The predicted octanol–water partition coefficient (Wildman–Crippen LogP) is 6.30. The van der Waals surface area contributed by atoms with Gasteiger partial charge in [-0.3, -0.25) is 0 Å². The van der Waals surface area contributed by atoms with Crippen LogP contribution in [0.15, 0.2) is 24.8 Å². The van der Waals surface area contributed by atoms with Crippen LogP contribution in [0.2, 0.25) is 0 Å². The molecule has 0 amide bonds. The molecular formula is C28H38. The summed E-state index contributed by atoms with van der Waals surface area (Å²) in [6, 6.07) is 0. The maximum atomic E-state index is 4.48. The molecule has 0 saturated heterocycles. The average Bonchev–Trinajstić information content (AvgIpc) is 3.28. The monoisotopic (exact) mass is 374 g/mol. The number of fused-ring (bicyclic) bond motifs is 10. The van der Waals surface area contributed by atoms with E-state index in [9.17, 15) is 0 Å². The fourth-order valence-corrected chi connectivity index (χ4v) is 13.3. The predicted molar refractivity (Wildman–Crippen MR) is 113 cm³/mol. The van der Waals surface area contributed by atoms with E-state index in [1.165, 1.54) is 30.1 Å². The van der Waals surface area contributed by atoms with Crippen LogP contribution in [0.5, 0.6) is 0 Å². The van der Waals surface area contributed by atoms with Gasteiger partial charge in [0.15, 0.2) is 0 Å². The summed E-state index contributed by atoms with van der Waals surface area (Å²) in [6.07, 6.45) is 8.57. The molecule has 8 rings (SSSR count). The Morgan fingerprint density at radius 1 is 1.00 bits per heavy atom. The van der Waals surface area contributed by atoms with Gasteiger partial charge >= 0.3 is 0 Å². The van der Waals surface area contributed by atoms with E-state index >= 15 is 0 Å². The first-order valence-corrected chi connectivity index (χ1v) is 12.9. The molecule has 8 fully saturated rings. The Kier molecular flexibility index (Phi) is 2.63. The molecule has 0 N–H and O–H groups in total. The fraction of sp³-hybridized carbons (Fsp3) is 0.857. The maximum Gasteiger partial charge on any atom is -0.0163 e. The largest absolute Gasteiger partial charge is 0.103 e. The molecular weight excluding hydrogens is 336 g/mol. The van der Waals surface area contributed by atoms with Crippen molar-refractivity contribution in [3.63, 3.8) is 0 Å². The maximum absolute atomic E-state index is 4.48. The molecule has 8 aliphatic rings. The van der Waals surface area contributed by atoms with E-state index < -0.39 is 0 Å². The van der Waals surface area contributed by atoms with Gasteiger partial charge in [-0.25, -0.2) is 0 Å². The smallest absolute Gasteiger partial charge is 0.0163 e. The quantitative estimate of drug-likeness (QED) is 0.508. The topological polar surface area (TPSA) is 0 Å². The normalized spacial score (nSPS) is 71.7. The van der Waals surface area contributed by atoms with E-state index in [1.807, 2.05) is 0 Å². The first-order valence-electron chi connectivity index (χ1n) is 12.9. The summed E-state index contributed by atoms with van der Waals surface area (Å²) >= 11 is 0. The van der Waals surface area contributed by atoms with Crippen LogP contribution in [0.25, 0.3) is 0 Å². The molecule has 0 radical (unpaired) electrons. The van der Waals surface area contributed by atoms with Crippen molar-refractivity contribution >= 4 is 0 Å². The summed E-state index contributed by atoms with van der Waals surface area (Å²) in [6.45, 7) is 16.2. The molecule has 150 valence electrons. The van der Waals surface area contributed by atoms with Gasteiger partial charge in [0.25, 0.3) is 0 Å². The molecule has 0 aliphatic heterocycles. The van der Waals surface area contributed by atoms with Crippen LogP contribution in [0.1, 0.15) is 46.5 Å². The standard InChI is InChI=1S/C28H38/c1-6-11(3)20-14(7-2)16-9-18-25-19-10-28(25,26(18)23(16)20)27-22(19)17-8-15-12(4)13(5)21(15)24(17)27/h6,11,13-27H,1,4,7-10H2,2-3,5H3. The summed E-state index contributed by atoms with van der Waals surface area (Å²) in [5.74, 6) is 17.0. The van der Waals surface area contributed by atoms with Gasteiger partial charge in [-0.05, 0) is 119 Å². The third kappa shape index (κ3) is 1.25. The highest BCUT2D eigenvalue weighted by molar-refractivity contribution is 5.39.